The number of nitrogens with one attached hydrogen (secondary N) is 1. The number of nitrogens with zero attached hydrogens (tertiary/aromatic N) is 1. The maximum atomic E-state index is 5.41. The SMILES string of the molecule is c1cc(CN2CCOCC2)cc(C2CCNCC2)c1. The Kier molecular flexibility index (Phi) is 4.49. The molecule has 2 heterocycles. The van der Waals surface area contributed by atoms with Crippen molar-refractivity contribution in [2.75, 3.05) is 39.4 Å². The first-order chi connectivity index (χ1) is 9.42. The second kappa shape index (κ2) is 6.51. The molecule has 0 bridgehead atoms. The highest BCUT2D eigenvalue weighted by Crippen LogP contribution is 2.26. The molecule has 1 N–H and O–H groups in total. The fourth-order valence-electron chi connectivity index (χ4n) is 3.12. The Balaban J connectivity index is 1.64. The van der Waals surface area contributed by atoms with Gasteiger partial charge >= 0.3 is 0 Å². The zero-order valence-corrected chi connectivity index (χ0v) is 11.6. The molecule has 19 heavy (non-hydrogen) atoms. The van der Waals surface area contributed by atoms with Crippen molar-refractivity contribution in [3.8, 4) is 0 Å². The van der Waals surface area contributed by atoms with Crippen LogP contribution in [0.5, 0.6) is 0 Å². The van der Waals surface area contributed by atoms with Crippen molar-refractivity contribution < 1.29 is 4.74 Å². The van der Waals surface area contributed by atoms with E-state index in [-0.39, 0.29) is 0 Å². The molecule has 2 saturated heterocycles. The zero-order valence-electron chi connectivity index (χ0n) is 11.6. The van der Waals surface area contributed by atoms with Crippen LogP contribution >= 0.6 is 0 Å². The summed E-state index contributed by atoms with van der Waals surface area (Å²) in [7, 11) is 0. The Morgan fingerprint density at radius 2 is 1.95 bits per heavy atom. The summed E-state index contributed by atoms with van der Waals surface area (Å²) in [6.45, 7) is 7.30. The van der Waals surface area contributed by atoms with E-state index in [4.69, 9.17) is 4.74 Å². The number of ether oxygens (including phenoxy) is 1. The van der Waals surface area contributed by atoms with E-state index < -0.39 is 0 Å². The number of morpholine rings is 1. The van der Waals surface area contributed by atoms with E-state index in [0.29, 0.717) is 0 Å². The molecule has 104 valence electrons. The average molecular weight is 260 g/mol. The van der Waals surface area contributed by atoms with Crippen molar-refractivity contribution in [2.24, 2.45) is 0 Å². The lowest BCUT2D eigenvalue weighted by molar-refractivity contribution is 0.0342. The summed E-state index contributed by atoms with van der Waals surface area (Å²) in [5, 5.41) is 3.44. The molecule has 0 radical (unpaired) electrons. The third-order valence-electron chi connectivity index (χ3n) is 4.27. The van der Waals surface area contributed by atoms with Gasteiger partial charge in [-0.3, -0.25) is 4.90 Å². The van der Waals surface area contributed by atoms with Crippen LogP contribution in [0.25, 0.3) is 0 Å². The van der Waals surface area contributed by atoms with Gasteiger partial charge in [0.2, 0.25) is 0 Å². The van der Waals surface area contributed by atoms with Crippen LogP contribution < -0.4 is 5.32 Å². The lowest BCUT2D eigenvalue weighted by Crippen LogP contribution is -2.35. The monoisotopic (exact) mass is 260 g/mol. The maximum Gasteiger partial charge on any atom is 0.0594 e. The fourth-order valence-corrected chi connectivity index (χ4v) is 3.12. The molecule has 0 amide bonds. The van der Waals surface area contributed by atoms with E-state index in [1.165, 1.54) is 37.1 Å². The van der Waals surface area contributed by atoms with Crippen molar-refractivity contribution in [1.29, 1.82) is 0 Å². The van der Waals surface area contributed by atoms with Crippen LogP contribution in [0, 0.1) is 0 Å². The third kappa shape index (κ3) is 3.56. The van der Waals surface area contributed by atoms with Crippen molar-refractivity contribution in [1.82, 2.24) is 10.2 Å². The van der Waals surface area contributed by atoms with E-state index in [2.05, 4.69) is 34.5 Å². The molecule has 0 unspecified atom stereocenters. The molecule has 3 rings (SSSR count). The second-order valence-electron chi connectivity index (χ2n) is 5.66. The standard InChI is InChI=1S/C16H24N2O/c1-2-14(13-18-8-10-19-11-9-18)12-16(3-1)15-4-6-17-7-5-15/h1-3,12,15,17H,4-11,13H2. The minimum Gasteiger partial charge on any atom is -0.379 e. The van der Waals surface area contributed by atoms with Crippen molar-refractivity contribution in [2.45, 2.75) is 25.3 Å². The lowest BCUT2D eigenvalue weighted by Gasteiger charge is -2.27. The van der Waals surface area contributed by atoms with Crippen molar-refractivity contribution >= 4 is 0 Å². The summed E-state index contributed by atoms with van der Waals surface area (Å²) in [6.07, 6.45) is 2.56. The minimum atomic E-state index is 0.755. The summed E-state index contributed by atoms with van der Waals surface area (Å²) >= 11 is 0. The molecule has 2 aliphatic heterocycles. The summed E-state index contributed by atoms with van der Waals surface area (Å²) in [4.78, 5) is 2.49. The van der Waals surface area contributed by atoms with Crippen LogP contribution in [-0.2, 0) is 11.3 Å². The normalized spacial score (nSPS) is 22.5. The molecule has 1 aromatic carbocycles. The van der Waals surface area contributed by atoms with Gasteiger partial charge in [0, 0.05) is 19.6 Å². The van der Waals surface area contributed by atoms with Gasteiger partial charge in [-0.2, -0.15) is 0 Å². The Morgan fingerprint density at radius 3 is 2.74 bits per heavy atom. The summed E-state index contributed by atoms with van der Waals surface area (Å²) in [5.74, 6) is 0.755. The van der Waals surface area contributed by atoms with Crippen LogP contribution in [0.3, 0.4) is 0 Å². The first-order valence-electron chi connectivity index (χ1n) is 7.51. The minimum absolute atomic E-state index is 0.755. The van der Waals surface area contributed by atoms with E-state index >= 15 is 0 Å². The Morgan fingerprint density at radius 1 is 1.16 bits per heavy atom. The summed E-state index contributed by atoms with van der Waals surface area (Å²) < 4.78 is 5.41. The highest BCUT2D eigenvalue weighted by Gasteiger charge is 2.16. The zero-order chi connectivity index (χ0) is 12.9. The van der Waals surface area contributed by atoms with Gasteiger partial charge in [-0.25, -0.2) is 0 Å². The molecular weight excluding hydrogens is 236 g/mol. The van der Waals surface area contributed by atoms with Crippen molar-refractivity contribution in [3.63, 3.8) is 0 Å². The van der Waals surface area contributed by atoms with Crippen LogP contribution in [0.15, 0.2) is 24.3 Å². The molecule has 1 aromatic rings. The van der Waals surface area contributed by atoms with Crippen LogP contribution in [0.2, 0.25) is 0 Å². The summed E-state index contributed by atoms with van der Waals surface area (Å²) in [6, 6.07) is 9.22. The number of hydrogen-bond acceptors (Lipinski definition) is 3. The highest BCUT2D eigenvalue weighted by molar-refractivity contribution is 5.27. The molecule has 3 heteroatoms. The highest BCUT2D eigenvalue weighted by atomic mass is 16.5. The smallest absolute Gasteiger partial charge is 0.0594 e. The number of piperidine rings is 1. The predicted molar refractivity (Wildman–Crippen MR) is 77.4 cm³/mol. The third-order valence-corrected chi connectivity index (χ3v) is 4.27. The van der Waals surface area contributed by atoms with E-state index in [1.807, 2.05) is 0 Å². The molecule has 2 aliphatic rings. The predicted octanol–water partition coefficient (Wildman–Crippen LogP) is 1.99. The van der Waals surface area contributed by atoms with E-state index in [9.17, 15) is 0 Å². The van der Waals surface area contributed by atoms with E-state index in [1.54, 1.807) is 0 Å². The quantitative estimate of drug-likeness (QED) is 0.899. The second-order valence-corrected chi connectivity index (χ2v) is 5.66. The van der Waals surface area contributed by atoms with Gasteiger partial charge in [0.25, 0.3) is 0 Å². The molecule has 2 fully saturated rings. The van der Waals surface area contributed by atoms with Crippen molar-refractivity contribution in [3.05, 3.63) is 35.4 Å². The Labute approximate surface area is 115 Å². The first-order valence-corrected chi connectivity index (χ1v) is 7.51. The van der Waals surface area contributed by atoms with Crippen LogP contribution in [0.4, 0.5) is 0 Å². The molecular formula is C16H24N2O. The lowest BCUT2D eigenvalue weighted by atomic mass is 9.89. The number of benzene rings is 1. The molecule has 0 aliphatic carbocycles. The summed E-state index contributed by atoms with van der Waals surface area (Å²) in [5.41, 5.74) is 2.99. The topological polar surface area (TPSA) is 24.5 Å². The molecule has 0 spiro atoms. The van der Waals surface area contributed by atoms with Gasteiger partial charge in [-0.1, -0.05) is 24.3 Å². The average Bonchev–Trinajstić information content (AvgIpc) is 2.49. The molecule has 0 aromatic heterocycles. The van der Waals surface area contributed by atoms with Gasteiger partial charge in [0.15, 0.2) is 0 Å². The maximum absolute atomic E-state index is 5.41. The number of hydrogen-bond donors (Lipinski definition) is 1. The van der Waals surface area contributed by atoms with Crippen LogP contribution in [0.1, 0.15) is 29.9 Å². The van der Waals surface area contributed by atoms with Gasteiger partial charge in [-0.15, -0.1) is 0 Å². The first kappa shape index (κ1) is 13.1. The van der Waals surface area contributed by atoms with Crippen LogP contribution in [-0.4, -0.2) is 44.3 Å². The van der Waals surface area contributed by atoms with Gasteiger partial charge < -0.3 is 10.1 Å². The Bertz CT molecular complexity index is 395. The van der Waals surface area contributed by atoms with Gasteiger partial charge in [0.1, 0.15) is 0 Å². The fraction of sp³-hybridized carbons (Fsp3) is 0.625. The molecule has 0 saturated carbocycles. The number of rotatable bonds is 3. The molecule has 0 atom stereocenters. The largest absolute Gasteiger partial charge is 0.379 e. The van der Waals surface area contributed by atoms with Gasteiger partial charge in [-0.05, 0) is 43.0 Å². The van der Waals surface area contributed by atoms with E-state index in [0.717, 1.165) is 38.8 Å². The molecule has 3 nitrogen and oxygen atoms in total. The Hall–Kier alpha value is -0.900. The van der Waals surface area contributed by atoms with Gasteiger partial charge in [0.05, 0.1) is 13.2 Å².